The van der Waals surface area contributed by atoms with Crippen LogP contribution in [0.25, 0.3) is 0 Å². The highest BCUT2D eigenvalue weighted by Gasteiger charge is 2.36. The van der Waals surface area contributed by atoms with Gasteiger partial charge in [0.15, 0.2) is 0 Å². The van der Waals surface area contributed by atoms with E-state index in [9.17, 15) is 28.8 Å². The van der Waals surface area contributed by atoms with E-state index in [0.717, 1.165) is 24.2 Å². The van der Waals surface area contributed by atoms with Gasteiger partial charge in [-0.2, -0.15) is 0 Å². The summed E-state index contributed by atoms with van der Waals surface area (Å²) >= 11 is 9.40. The summed E-state index contributed by atoms with van der Waals surface area (Å²) in [5.41, 5.74) is 9.63. The number of nitrogens with one attached hydrogen (secondary N) is 1. The molecule has 0 saturated carbocycles. The summed E-state index contributed by atoms with van der Waals surface area (Å²) in [6.07, 6.45) is 3.68. The van der Waals surface area contributed by atoms with E-state index in [-0.39, 0.29) is 55.0 Å². The van der Waals surface area contributed by atoms with Crippen LogP contribution in [0.5, 0.6) is 0 Å². The molecule has 3 unspecified atom stereocenters. The van der Waals surface area contributed by atoms with Crippen LogP contribution in [-0.4, -0.2) is 95.4 Å². The Hall–Kier alpha value is -2.26. The van der Waals surface area contributed by atoms with Gasteiger partial charge in [0.25, 0.3) is 0 Å². The number of nitrogen functional groups attached to an aromatic ring is 1. The molecule has 0 radical (unpaired) electrons. The molecule has 5 rings (SSSR count). The second-order valence-corrected chi connectivity index (χ2v) is 12.0. The third kappa shape index (κ3) is 17.0. The first kappa shape index (κ1) is 50.8. The first-order chi connectivity index (χ1) is 23.2. The number of hydrogen-bond donors (Lipinski definition) is 3. The number of benzene rings is 2. The number of halogens is 4. The Labute approximate surface area is 347 Å². The highest BCUT2D eigenvalue weighted by molar-refractivity contribution is 15.0. The van der Waals surface area contributed by atoms with Crippen LogP contribution >= 0.6 is 72.8 Å². The molecule has 3 aliphatic heterocycles. The Balaban J connectivity index is 0. The van der Waals surface area contributed by atoms with Crippen molar-refractivity contribution in [1.29, 1.82) is 0 Å². The molecule has 0 aliphatic carbocycles. The molecule has 3 aliphatic rings. The fourth-order valence-electron chi connectivity index (χ4n) is 4.96. The molecule has 3 saturated heterocycles. The zero-order valence-electron chi connectivity index (χ0n) is 28.9. The highest BCUT2D eigenvalue weighted by Crippen LogP contribution is 2.20. The number of carbonyl (C=O) groups is 6. The predicted octanol–water partition coefficient (Wildman–Crippen LogP) is 6.30. The van der Waals surface area contributed by atoms with Gasteiger partial charge in [-0.05, 0) is 79.1 Å². The van der Waals surface area contributed by atoms with Gasteiger partial charge in [-0.3, -0.25) is 28.8 Å². The minimum atomic E-state index is -1.01. The quantitative estimate of drug-likeness (QED) is 0.131. The Morgan fingerprint density at radius 2 is 1.10 bits per heavy atom. The van der Waals surface area contributed by atoms with Gasteiger partial charge >= 0.3 is 5.97 Å². The lowest BCUT2D eigenvalue weighted by molar-refractivity contribution is -0.147. The van der Waals surface area contributed by atoms with Gasteiger partial charge in [-0.25, -0.2) is 0 Å². The number of likely N-dealkylation sites (tertiary alicyclic amines) is 3. The summed E-state index contributed by atoms with van der Waals surface area (Å²) in [5, 5.41) is 10.7. The maximum absolute atomic E-state index is 12.0. The van der Waals surface area contributed by atoms with Crippen LogP contribution in [-0.2, 0) is 41.6 Å². The molecule has 16 heteroatoms. The summed E-state index contributed by atoms with van der Waals surface area (Å²) in [5.74, 6) is -3.61. The van der Waals surface area contributed by atoms with E-state index in [1.54, 1.807) is 26.0 Å². The number of carbonyl (C=O) groups excluding carboxylic acids is 5. The van der Waals surface area contributed by atoms with E-state index in [0.29, 0.717) is 38.9 Å². The van der Waals surface area contributed by atoms with Crippen molar-refractivity contribution in [1.82, 2.24) is 14.7 Å². The monoisotopic (exact) mass is 1070 g/mol. The van der Waals surface area contributed by atoms with Gasteiger partial charge in [-0.15, -0.1) is 24.0 Å². The maximum Gasteiger partial charge on any atom is 0.316 e. The lowest BCUT2D eigenvalue weighted by Crippen LogP contribution is -2.30. The lowest BCUT2D eigenvalue weighted by atomic mass is 10.1. The number of carboxylic acid groups (broad SMARTS) is 1. The van der Waals surface area contributed by atoms with Gasteiger partial charge in [0.05, 0.1) is 0 Å². The molecule has 286 valence electrons. The van der Waals surface area contributed by atoms with Crippen molar-refractivity contribution in [3.05, 3.63) is 59.7 Å². The molecule has 3 fully saturated rings. The van der Waals surface area contributed by atoms with Crippen LogP contribution in [0, 0.1) is 17.8 Å². The fourth-order valence-corrected chi connectivity index (χ4v) is 5.16. The number of rotatable bonds is 6. The molecular weight excluding hydrogens is 1020 g/mol. The number of nitrogens with zero attached hydrogens (tertiary/aromatic N) is 3. The maximum atomic E-state index is 12.0. The van der Waals surface area contributed by atoms with Crippen LogP contribution in [0.3, 0.4) is 0 Å². The van der Waals surface area contributed by atoms with Gasteiger partial charge in [0.1, 0.15) is 17.8 Å². The summed E-state index contributed by atoms with van der Waals surface area (Å²) in [6, 6.07) is 15.7. The molecule has 2 aromatic rings. The molecule has 0 spiro atoms. The number of hydrogen-bond acceptors (Lipinski definition) is 7. The number of carboxylic acids is 1. The third-order valence-corrected chi connectivity index (χ3v) is 8.45. The van der Waals surface area contributed by atoms with E-state index in [2.05, 4.69) is 68.5 Å². The van der Waals surface area contributed by atoms with Gasteiger partial charge < -0.3 is 30.9 Å². The molecule has 12 nitrogen and oxygen atoms in total. The van der Waals surface area contributed by atoms with Gasteiger partial charge in [-0.1, -0.05) is 45.5 Å². The van der Waals surface area contributed by atoms with Crippen LogP contribution in [0.4, 0.5) is 11.4 Å². The van der Waals surface area contributed by atoms with E-state index >= 15 is 0 Å². The Kier molecular flexibility index (Phi) is 26.4. The lowest BCUT2D eigenvalue weighted by Gasteiger charge is -2.11. The molecule has 3 atom stereocenters. The standard InChI is InChI=1S/C14H18N2O2.C8H11N.C6H8ClNO2.C6H9NO3.CH4.I2.HI/c1-3-10-4-6-11(7-5-10)15-13(17)12-8-9-16(2)14(12)18;1-2-7-3-5-8(9)6-4-7;1-8-3-2-4(5(7)9)6(8)10;1-7-3-2-4(5(7)8)6(9)10;;1-2;/h4-7,12H,3,8-9H2,1-2H3,(H,15,17);3-6H,2,9H2,1H3;4H,2-3H2,1H3;4H,2-3H2,1H3,(H,9,10);1H4;;1H. The Bertz CT molecular complexity index is 1380. The second kappa shape index (κ2) is 26.5. The number of anilines is 2. The summed E-state index contributed by atoms with van der Waals surface area (Å²) in [7, 11) is 5.01. The van der Waals surface area contributed by atoms with Crippen molar-refractivity contribution in [3.8, 4) is 0 Å². The summed E-state index contributed by atoms with van der Waals surface area (Å²) in [4.78, 5) is 70.9. The highest BCUT2D eigenvalue weighted by atomic mass is 128. The van der Waals surface area contributed by atoms with Crippen molar-refractivity contribution in [2.24, 2.45) is 17.8 Å². The molecule has 0 aromatic heterocycles. The second-order valence-electron chi connectivity index (χ2n) is 11.6. The van der Waals surface area contributed by atoms with E-state index < -0.39 is 29.0 Å². The van der Waals surface area contributed by atoms with Crippen molar-refractivity contribution < 1.29 is 33.9 Å². The van der Waals surface area contributed by atoms with Crippen LogP contribution in [0.1, 0.15) is 51.7 Å². The van der Waals surface area contributed by atoms with Gasteiger partial charge in [0, 0.05) is 89.4 Å². The van der Waals surface area contributed by atoms with E-state index in [4.69, 9.17) is 22.4 Å². The number of aryl methyl sites for hydroxylation is 2. The van der Waals surface area contributed by atoms with E-state index in [1.807, 2.05) is 36.4 Å². The van der Waals surface area contributed by atoms with Crippen LogP contribution in [0.15, 0.2) is 48.5 Å². The number of amides is 4. The summed E-state index contributed by atoms with van der Waals surface area (Å²) < 4.78 is 0. The van der Waals surface area contributed by atoms with Crippen molar-refractivity contribution in [3.63, 3.8) is 0 Å². The number of nitrogens with two attached hydrogens (primary N) is 1. The molecule has 0 bridgehead atoms. The normalized spacial score (nSPS) is 18.5. The SMILES string of the molecule is C.CCc1ccc(N)cc1.CCc1ccc(NC(=O)C2CCN(C)C2=O)cc1.CN1CCC(C(=O)Cl)C1=O.CN1CCC(C(=O)O)C1=O.I.II. The number of aliphatic carboxylic acids is 1. The average Bonchev–Trinajstić information content (AvgIpc) is 3.74. The third-order valence-electron chi connectivity index (χ3n) is 8.19. The Morgan fingerprint density at radius 3 is 1.37 bits per heavy atom. The van der Waals surface area contributed by atoms with Gasteiger partial charge in [0.2, 0.25) is 28.9 Å². The predicted molar refractivity (Wildman–Crippen MR) is 231 cm³/mol. The zero-order chi connectivity index (χ0) is 37.3. The first-order valence-corrected chi connectivity index (χ1v) is 22.4. The molecule has 2 aromatic carbocycles. The fraction of sp³-hybridized carbons (Fsp3) is 0.486. The molecular formula is C35H51ClI3N5O7. The van der Waals surface area contributed by atoms with E-state index in [1.165, 1.54) is 20.9 Å². The van der Waals surface area contributed by atoms with Crippen LogP contribution < -0.4 is 11.1 Å². The largest absolute Gasteiger partial charge is 0.481 e. The smallest absolute Gasteiger partial charge is 0.316 e. The molecule has 4 N–H and O–H groups in total. The molecule has 3 heterocycles. The van der Waals surface area contributed by atoms with Crippen molar-refractivity contribution >= 4 is 119 Å². The average molecular weight is 1070 g/mol. The minimum Gasteiger partial charge on any atom is -0.481 e. The minimum absolute atomic E-state index is 0. The summed E-state index contributed by atoms with van der Waals surface area (Å²) in [6.45, 7) is 6.08. The zero-order valence-corrected chi connectivity index (χ0v) is 36.3. The molecule has 4 amide bonds. The first-order valence-electron chi connectivity index (χ1n) is 15.8. The topological polar surface area (TPSA) is 170 Å². The van der Waals surface area contributed by atoms with Crippen LogP contribution in [0.2, 0.25) is 0 Å². The molecule has 51 heavy (non-hydrogen) atoms. The van der Waals surface area contributed by atoms with Crippen molar-refractivity contribution in [2.45, 2.75) is 53.4 Å². The Morgan fingerprint density at radius 1 is 0.745 bits per heavy atom. The van der Waals surface area contributed by atoms with Crippen molar-refractivity contribution in [2.75, 3.05) is 51.8 Å².